The number of pyridine rings is 1. The molecular weight excluding hydrogens is 390 g/mol. The van der Waals surface area contributed by atoms with Crippen LogP contribution in [0, 0.1) is 6.92 Å². The van der Waals surface area contributed by atoms with Crippen LogP contribution in [0.15, 0.2) is 58.4 Å². The second-order valence-electron chi connectivity index (χ2n) is 6.68. The smallest absolute Gasteiger partial charge is 0.307 e. The van der Waals surface area contributed by atoms with Crippen molar-refractivity contribution in [2.24, 2.45) is 0 Å². The Morgan fingerprint density at radius 3 is 2.90 bits per heavy atom. The Labute approximate surface area is 171 Å². The van der Waals surface area contributed by atoms with Gasteiger partial charge in [0.25, 0.3) is 5.56 Å². The van der Waals surface area contributed by atoms with Crippen LogP contribution in [-0.4, -0.2) is 33.6 Å². The van der Waals surface area contributed by atoms with Crippen molar-refractivity contribution in [3.63, 3.8) is 0 Å². The van der Waals surface area contributed by atoms with Crippen LogP contribution in [0.4, 0.5) is 5.69 Å². The van der Waals surface area contributed by atoms with E-state index in [2.05, 4.69) is 4.98 Å². The number of aryl methyl sites for hydroxylation is 1. The number of benzene rings is 1. The first kappa shape index (κ1) is 19.2. The van der Waals surface area contributed by atoms with E-state index in [0.717, 1.165) is 16.1 Å². The molecule has 148 valence electrons. The molecular formula is C21H19N3O4S. The summed E-state index contributed by atoms with van der Waals surface area (Å²) in [5.74, 6) is -0.113. The van der Waals surface area contributed by atoms with Gasteiger partial charge in [-0.3, -0.25) is 18.8 Å². The number of ether oxygens (including phenoxy) is 1. The van der Waals surface area contributed by atoms with Crippen LogP contribution in [0.2, 0.25) is 0 Å². The average Bonchev–Trinajstić information content (AvgIpc) is 2.72. The molecule has 1 aromatic carbocycles. The Kier molecular flexibility index (Phi) is 5.35. The molecule has 1 amide bonds. The lowest BCUT2D eigenvalue weighted by Crippen LogP contribution is -2.37. The summed E-state index contributed by atoms with van der Waals surface area (Å²) in [4.78, 5) is 43.7. The van der Waals surface area contributed by atoms with Crippen LogP contribution in [0.3, 0.4) is 0 Å². The highest BCUT2D eigenvalue weighted by Gasteiger charge is 2.24. The van der Waals surface area contributed by atoms with Crippen LogP contribution in [0.25, 0.3) is 5.65 Å². The normalized spacial score (nSPS) is 13.4. The minimum absolute atomic E-state index is 0.0267. The van der Waals surface area contributed by atoms with Crippen molar-refractivity contribution >= 4 is 35.0 Å². The summed E-state index contributed by atoms with van der Waals surface area (Å²) in [6.07, 6.45) is 1.72. The summed E-state index contributed by atoms with van der Waals surface area (Å²) in [5, 5.41) is 0. The van der Waals surface area contributed by atoms with E-state index in [1.165, 1.54) is 22.2 Å². The van der Waals surface area contributed by atoms with Gasteiger partial charge in [0, 0.05) is 23.7 Å². The maximum Gasteiger partial charge on any atom is 0.307 e. The zero-order chi connectivity index (χ0) is 20.4. The first-order chi connectivity index (χ1) is 14.0. The van der Waals surface area contributed by atoms with Gasteiger partial charge in [-0.1, -0.05) is 18.2 Å². The van der Waals surface area contributed by atoms with Crippen molar-refractivity contribution in [1.29, 1.82) is 0 Å². The number of thioether (sulfide) groups is 1. The molecule has 0 N–H and O–H groups in total. The lowest BCUT2D eigenvalue weighted by Gasteiger charge is -2.28. The number of rotatable bonds is 5. The van der Waals surface area contributed by atoms with Crippen molar-refractivity contribution in [2.75, 3.05) is 17.2 Å². The summed E-state index contributed by atoms with van der Waals surface area (Å²) in [6, 6.07) is 12.6. The number of carbonyl (C=O) groups is 2. The molecule has 4 rings (SSSR count). The molecule has 3 heterocycles. The molecule has 0 aliphatic carbocycles. The molecule has 0 radical (unpaired) electrons. The minimum atomic E-state index is -0.444. The second-order valence-corrected chi connectivity index (χ2v) is 7.70. The lowest BCUT2D eigenvalue weighted by atomic mass is 10.2. The van der Waals surface area contributed by atoms with E-state index in [1.807, 2.05) is 37.3 Å². The van der Waals surface area contributed by atoms with Crippen molar-refractivity contribution in [1.82, 2.24) is 9.38 Å². The minimum Gasteiger partial charge on any atom is -0.459 e. The molecule has 0 unspecified atom stereocenters. The van der Waals surface area contributed by atoms with Crippen molar-refractivity contribution < 1.29 is 14.3 Å². The number of nitrogens with zero attached hydrogens (tertiary/aromatic N) is 3. The number of amides is 1. The first-order valence-electron chi connectivity index (χ1n) is 9.18. The van der Waals surface area contributed by atoms with Gasteiger partial charge in [-0.15, -0.1) is 11.8 Å². The molecule has 0 saturated carbocycles. The van der Waals surface area contributed by atoms with Crippen LogP contribution < -0.4 is 10.5 Å². The van der Waals surface area contributed by atoms with Gasteiger partial charge in [0.1, 0.15) is 12.3 Å². The highest BCUT2D eigenvalue weighted by atomic mass is 32.2. The zero-order valence-corrected chi connectivity index (χ0v) is 16.6. The third-order valence-corrected chi connectivity index (χ3v) is 5.72. The van der Waals surface area contributed by atoms with Crippen LogP contribution in [0.1, 0.15) is 17.7 Å². The molecule has 29 heavy (non-hydrogen) atoms. The van der Waals surface area contributed by atoms with Crippen molar-refractivity contribution in [3.05, 3.63) is 70.3 Å². The third-order valence-electron chi connectivity index (χ3n) is 4.67. The average molecular weight is 409 g/mol. The fraction of sp³-hybridized carbons (Fsp3) is 0.238. The van der Waals surface area contributed by atoms with E-state index < -0.39 is 5.97 Å². The van der Waals surface area contributed by atoms with Gasteiger partial charge in [-0.05, 0) is 30.7 Å². The van der Waals surface area contributed by atoms with Crippen LogP contribution in [0.5, 0.6) is 0 Å². The third kappa shape index (κ3) is 4.02. The standard InChI is InChI=1S/C21H19N3O4S/c1-14-5-4-9-24-18(25)11-15(22-21(14)24)12-28-20(27)8-10-23-16-6-2-3-7-17(16)29-13-19(23)26/h2-7,9,11H,8,10,12-13H2,1H3. The maximum absolute atomic E-state index is 12.2. The quantitative estimate of drug-likeness (QED) is 0.603. The number of carbonyl (C=O) groups excluding carboxylic acids is 2. The van der Waals surface area contributed by atoms with Crippen LogP contribution in [-0.2, 0) is 20.9 Å². The van der Waals surface area contributed by atoms with E-state index >= 15 is 0 Å². The summed E-state index contributed by atoms with van der Waals surface area (Å²) >= 11 is 1.50. The second kappa shape index (κ2) is 8.08. The van der Waals surface area contributed by atoms with E-state index in [9.17, 15) is 14.4 Å². The Morgan fingerprint density at radius 1 is 1.21 bits per heavy atom. The van der Waals surface area contributed by atoms with E-state index in [-0.39, 0.29) is 31.0 Å². The number of anilines is 1. The predicted molar refractivity (Wildman–Crippen MR) is 110 cm³/mol. The summed E-state index contributed by atoms with van der Waals surface area (Å²) in [5.41, 5.74) is 2.39. The molecule has 3 aromatic rings. The summed E-state index contributed by atoms with van der Waals surface area (Å²) in [7, 11) is 0. The molecule has 0 fully saturated rings. The summed E-state index contributed by atoms with van der Waals surface area (Å²) < 4.78 is 6.75. The zero-order valence-electron chi connectivity index (χ0n) is 15.8. The number of hydrogen-bond acceptors (Lipinski definition) is 6. The molecule has 0 bridgehead atoms. The van der Waals surface area contributed by atoms with Crippen molar-refractivity contribution in [2.45, 2.75) is 24.8 Å². The van der Waals surface area contributed by atoms with E-state index in [4.69, 9.17) is 4.74 Å². The van der Waals surface area contributed by atoms with Gasteiger partial charge in [-0.25, -0.2) is 4.98 Å². The molecule has 0 spiro atoms. The fourth-order valence-electron chi connectivity index (χ4n) is 3.21. The topological polar surface area (TPSA) is 81.0 Å². The Morgan fingerprint density at radius 2 is 2.03 bits per heavy atom. The molecule has 8 heteroatoms. The largest absolute Gasteiger partial charge is 0.459 e. The predicted octanol–water partition coefficient (Wildman–Crippen LogP) is 2.58. The Bertz CT molecular complexity index is 1160. The molecule has 2 aromatic heterocycles. The van der Waals surface area contributed by atoms with Crippen molar-refractivity contribution in [3.8, 4) is 0 Å². The fourth-order valence-corrected chi connectivity index (χ4v) is 4.15. The van der Waals surface area contributed by atoms with E-state index in [0.29, 0.717) is 17.1 Å². The SMILES string of the molecule is Cc1cccn2c(=O)cc(COC(=O)CCN3C(=O)CSc4ccccc43)nc12. The lowest BCUT2D eigenvalue weighted by molar-refractivity contribution is -0.144. The van der Waals surface area contributed by atoms with Gasteiger partial charge in [0.15, 0.2) is 0 Å². The number of esters is 1. The molecule has 0 saturated heterocycles. The van der Waals surface area contributed by atoms with Gasteiger partial charge in [0.05, 0.1) is 23.6 Å². The van der Waals surface area contributed by atoms with Gasteiger partial charge >= 0.3 is 5.97 Å². The highest BCUT2D eigenvalue weighted by molar-refractivity contribution is 8.00. The van der Waals surface area contributed by atoms with Crippen LogP contribution >= 0.6 is 11.8 Å². The molecule has 7 nitrogen and oxygen atoms in total. The highest BCUT2D eigenvalue weighted by Crippen LogP contribution is 2.34. The van der Waals surface area contributed by atoms with Gasteiger partial charge in [-0.2, -0.15) is 0 Å². The maximum atomic E-state index is 12.2. The number of hydrogen-bond donors (Lipinski definition) is 0. The monoisotopic (exact) mass is 409 g/mol. The Balaban J connectivity index is 1.40. The van der Waals surface area contributed by atoms with E-state index in [1.54, 1.807) is 17.2 Å². The number of aromatic nitrogens is 2. The molecule has 1 aliphatic rings. The Hall–Kier alpha value is -3.13. The number of para-hydroxylation sites is 1. The van der Waals surface area contributed by atoms with Gasteiger partial charge < -0.3 is 9.64 Å². The first-order valence-corrected chi connectivity index (χ1v) is 10.2. The molecule has 1 aliphatic heterocycles. The number of fused-ring (bicyclic) bond motifs is 2. The summed E-state index contributed by atoms with van der Waals surface area (Å²) in [6.45, 7) is 2.03. The van der Waals surface area contributed by atoms with Gasteiger partial charge in [0.2, 0.25) is 5.91 Å². The molecule has 0 atom stereocenters.